The highest BCUT2D eigenvalue weighted by Crippen LogP contribution is 2.16. The standard InChI is InChI=1S/C9H8N2O2/c10-5-7-3-1-2-6(9(7)11)4-8(12)13/h1-3H,4,11H2,(H,12,13). The third-order valence-corrected chi connectivity index (χ3v) is 1.66. The Labute approximate surface area is 75.2 Å². The van der Waals surface area contributed by atoms with Crippen LogP contribution in [0.3, 0.4) is 0 Å². The zero-order chi connectivity index (χ0) is 9.84. The second kappa shape index (κ2) is 3.59. The van der Waals surface area contributed by atoms with Crippen molar-refractivity contribution >= 4 is 11.7 Å². The summed E-state index contributed by atoms with van der Waals surface area (Å²) in [5.41, 5.74) is 6.61. The first-order valence-corrected chi connectivity index (χ1v) is 3.64. The predicted molar refractivity (Wildman–Crippen MR) is 46.9 cm³/mol. The Morgan fingerprint density at radius 3 is 2.85 bits per heavy atom. The molecule has 3 N–H and O–H groups in total. The number of nitrogens with zero attached hydrogens (tertiary/aromatic N) is 1. The number of rotatable bonds is 2. The third-order valence-electron chi connectivity index (χ3n) is 1.66. The molecule has 1 aromatic rings. The Morgan fingerprint density at radius 1 is 1.62 bits per heavy atom. The molecule has 0 atom stereocenters. The van der Waals surface area contributed by atoms with Gasteiger partial charge in [-0.3, -0.25) is 4.79 Å². The van der Waals surface area contributed by atoms with Gasteiger partial charge in [-0.15, -0.1) is 0 Å². The monoisotopic (exact) mass is 176 g/mol. The fraction of sp³-hybridized carbons (Fsp3) is 0.111. The van der Waals surface area contributed by atoms with Gasteiger partial charge in [0, 0.05) is 0 Å². The van der Waals surface area contributed by atoms with Gasteiger partial charge >= 0.3 is 5.97 Å². The van der Waals surface area contributed by atoms with Crippen LogP contribution in [0, 0.1) is 11.3 Å². The minimum atomic E-state index is -0.957. The second-order valence-electron chi connectivity index (χ2n) is 2.56. The molecule has 0 saturated carbocycles. The van der Waals surface area contributed by atoms with Gasteiger partial charge in [-0.25, -0.2) is 0 Å². The van der Waals surface area contributed by atoms with Gasteiger partial charge in [0.15, 0.2) is 0 Å². The average molecular weight is 176 g/mol. The predicted octanol–water partition coefficient (Wildman–Crippen LogP) is 0.768. The molecule has 0 heterocycles. The maximum Gasteiger partial charge on any atom is 0.307 e. The average Bonchev–Trinajstić information content (AvgIpc) is 2.08. The van der Waals surface area contributed by atoms with Crippen LogP contribution in [0.2, 0.25) is 0 Å². The van der Waals surface area contributed by atoms with Crippen LogP contribution in [0.4, 0.5) is 5.69 Å². The Balaban J connectivity index is 3.10. The fourth-order valence-electron chi connectivity index (χ4n) is 1.03. The van der Waals surface area contributed by atoms with Crippen LogP contribution in [0.15, 0.2) is 18.2 Å². The number of benzene rings is 1. The molecule has 66 valence electrons. The molecule has 0 aliphatic heterocycles. The van der Waals surface area contributed by atoms with Crippen LogP contribution in [-0.4, -0.2) is 11.1 Å². The van der Waals surface area contributed by atoms with E-state index in [4.69, 9.17) is 16.1 Å². The zero-order valence-corrected chi connectivity index (χ0v) is 6.82. The summed E-state index contributed by atoms with van der Waals surface area (Å²) in [5, 5.41) is 17.1. The molecular formula is C9H8N2O2. The molecule has 0 radical (unpaired) electrons. The number of para-hydroxylation sites is 1. The third kappa shape index (κ3) is 1.97. The van der Waals surface area contributed by atoms with Crippen LogP contribution < -0.4 is 5.73 Å². The number of nitriles is 1. The largest absolute Gasteiger partial charge is 0.481 e. The second-order valence-corrected chi connectivity index (χ2v) is 2.56. The first-order valence-electron chi connectivity index (χ1n) is 3.64. The number of anilines is 1. The summed E-state index contributed by atoms with van der Waals surface area (Å²) in [5.74, 6) is -0.957. The van der Waals surface area contributed by atoms with Crippen LogP contribution in [0.1, 0.15) is 11.1 Å². The number of hydrogen-bond acceptors (Lipinski definition) is 3. The molecule has 4 heteroatoms. The first kappa shape index (κ1) is 9.07. The lowest BCUT2D eigenvalue weighted by atomic mass is 10.1. The summed E-state index contributed by atoms with van der Waals surface area (Å²) in [6.07, 6.45) is -0.151. The van der Waals surface area contributed by atoms with E-state index >= 15 is 0 Å². The summed E-state index contributed by atoms with van der Waals surface area (Å²) < 4.78 is 0. The Kier molecular flexibility index (Phi) is 2.50. The van der Waals surface area contributed by atoms with Crippen molar-refractivity contribution in [1.29, 1.82) is 5.26 Å². The van der Waals surface area contributed by atoms with Gasteiger partial charge in [0.05, 0.1) is 17.7 Å². The van der Waals surface area contributed by atoms with Crippen molar-refractivity contribution in [3.8, 4) is 6.07 Å². The summed E-state index contributed by atoms with van der Waals surface area (Å²) >= 11 is 0. The van der Waals surface area contributed by atoms with Crippen molar-refractivity contribution in [2.75, 3.05) is 5.73 Å². The number of carbonyl (C=O) groups is 1. The lowest BCUT2D eigenvalue weighted by molar-refractivity contribution is -0.136. The Morgan fingerprint density at radius 2 is 2.31 bits per heavy atom. The molecule has 13 heavy (non-hydrogen) atoms. The molecule has 1 aromatic carbocycles. The van der Waals surface area contributed by atoms with E-state index in [-0.39, 0.29) is 12.1 Å². The van der Waals surface area contributed by atoms with Crippen molar-refractivity contribution in [3.05, 3.63) is 29.3 Å². The van der Waals surface area contributed by atoms with Crippen LogP contribution in [0.5, 0.6) is 0 Å². The molecule has 0 aromatic heterocycles. The Hall–Kier alpha value is -2.02. The molecule has 0 bridgehead atoms. The SMILES string of the molecule is N#Cc1cccc(CC(=O)O)c1N. The smallest absolute Gasteiger partial charge is 0.307 e. The molecule has 0 aliphatic carbocycles. The molecule has 1 rings (SSSR count). The van der Waals surface area contributed by atoms with E-state index in [2.05, 4.69) is 0 Å². The van der Waals surface area contributed by atoms with Crippen molar-refractivity contribution in [3.63, 3.8) is 0 Å². The van der Waals surface area contributed by atoms with Crippen LogP contribution in [0.25, 0.3) is 0 Å². The number of hydrogen-bond donors (Lipinski definition) is 2. The molecule has 0 fully saturated rings. The highest BCUT2D eigenvalue weighted by Gasteiger charge is 2.07. The number of nitrogens with two attached hydrogens (primary N) is 1. The molecule has 0 spiro atoms. The summed E-state index contributed by atoms with van der Waals surface area (Å²) in [6.45, 7) is 0. The lowest BCUT2D eigenvalue weighted by Crippen LogP contribution is -2.04. The molecule has 0 amide bonds. The lowest BCUT2D eigenvalue weighted by Gasteiger charge is -2.03. The molecule has 0 saturated heterocycles. The number of carboxylic acid groups (broad SMARTS) is 1. The van der Waals surface area contributed by atoms with Crippen molar-refractivity contribution in [2.45, 2.75) is 6.42 Å². The zero-order valence-electron chi connectivity index (χ0n) is 6.82. The van der Waals surface area contributed by atoms with Crippen molar-refractivity contribution in [1.82, 2.24) is 0 Å². The van der Waals surface area contributed by atoms with Crippen LogP contribution >= 0.6 is 0 Å². The normalized spacial score (nSPS) is 9.15. The summed E-state index contributed by atoms with van der Waals surface area (Å²) in [7, 11) is 0. The number of carboxylic acids is 1. The van der Waals surface area contributed by atoms with Gasteiger partial charge in [0.1, 0.15) is 6.07 Å². The van der Waals surface area contributed by atoms with E-state index in [0.717, 1.165) is 0 Å². The molecule has 0 aliphatic rings. The highest BCUT2D eigenvalue weighted by atomic mass is 16.4. The fourth-order valence-corrected chi connectivity index (χ4v) is 1.03. The van der Waals surface area contributed by atoms with Gasteiger partial charge in [-0.2, -0.15) is 5.26 Å². The maximum atomic E-state index is 10.4. The van der Waals surface area contributed by atoms with Gasteiger partial charge in [-0.1, -0.05) is 12.1 Å². The van der Waals surface area contributed by atoms with Crippen LogP contribution in [-0.2, 0) is 11.2 Å². The quantitative estimate of drug-likeness (QED) is 0.651. The highest BCUT2D eigenvalue weighted by molar-refractivity contribution is 5.74. The van der Waals surface area contributed by atoms with Gasteiger partial charge < -0.3 is 10.8 Å². The van der Waals surface area contributed by atoms with E-state index in [9.17, 15) is 4.79 Å². The van der Waals surface area contributed by atoms with Crippen molar-refractivity contribution in [2.24, 2.45) is 0 Å². The minimum absolute atomic E-state index is 0.151. The minimum Gasteiger partial charge on any atom is -0.481 e. The van der Waals surface area contributed by atoms with E-state index in [1.807, 2.05) is 6.07 Å². The molecule has 0 unspecified atom stereocenters. The number of nitrogen functional groups attached to an aromatic ring is 1. The van der Waals surface area contributed by atoms with Gasteiger partial charge in [0.2, 0.25) is 0 Å². The number of aliphatic carboxylic acids is 1. The van der Waals surface area contributed by atoms with E-state index in [0.29, 0.717) is 11.1 Å². The first-order chi connectivity index (χ1) is 6.15. The van der Waals surface area contributed by atoms with E-state index in [1.165, 1.54) is 0 Å². The summed E-state index contributed by atoms with van der Waals surface area (Å²) in [4.78, 5) is 10.4. The van der Waals surface area contributed by atoms with E-state index in [1.54, 1.807) is 18.2 Å². The maximum absolute atomic E-state index is 10.4. The molecular weight excluding hydrogens is 168 g/mol. The van der Waals surface area contributed by atoms with Gasteiger partial charge in [0.25, 0.3) is 0 Å². The summed E-state index contributed by atoms with van der Waals surface area (Å²) in [6, 6.07) is 6.67. The molecule has 4 nitrogen and oxygen atoms in total. The topological polar surface area (TPSA) is 87.1 Å². The van der Waals surface area contributed by atoms with E-state index < -0.39 is 5.97 Å². The van der Waals surface area contributed by atoms with Crippen molar-refractivity contribution < 1.29 is 9.90 Å². The van der Waals surface area contributed by atoms with Gasteiger partial charge in [-0.05, 0) is 11.6 Å². The Bertz CT molecular complexity index is 380.